The number of carbonyl (C=O) groups is 1. The Bertz CT molecular complexity index is 229. The number of esters is 1. The highest BCUT2D eigenvalue weighted by atomic mass is 16.6. The van der Waals surface area contributed by atoms with Crippen molar-refractivity contribution >= 4 is 5.97 Å². The summed E-state index contributed by atoms with van der Waals surface area (Å²) in [6.07, 6.45) is 0.891. The Morgan fingerprint density at radius 2 is 1.93 bits per heavy atom. The zero-order chi connectivity index (χ0) is 12.1. The lowest BCUT2D eigenvalue weighted by atomic mass is 10.1. The van der Waals surface area contributed by atoms with Crippen LogP contribution < -0.4 is 0 Å². The van der Waals surface area contributed by atoms with Crippen LogP contribution in [0.1, 0.15) is 41.0 Å². The predicted octanol–water partition coefficient (Wildman–Crippen LogP) is 2.70. The van der Waals surface area contributed by atoms with Crippen LogP contribution in [0.2, 0.25) is 0 Å². The first-order valence-electron chi connectivity index (χ1n) is 5.25. The van der Waals surface area contributed by atoms with Gasteiger partial charge in [0.05, 0.1) is 12.7 Å². The predicted molar refractivity (Wildman–Crippen MR) is 60.7 cm³/mol. The summed E-state index contributed by atoms with van der Waals surface area (Å²) < 4.78 is 10.7. The summed E-state index contributed by atoms with van der Waals surface area (Å²) in [7, 11) is 0. The van der Waals surface area contributed by atoms with Crippen molar-refractivity contribution in [2.75, 3.05) is 6.61 Å². The second-order valence-electron chi connectivity index (χ2n) is 4.60. The van der Waals surface area contributed by atoms with E-state index in [1.165, 1.54) is 0 Å². The average molecular weight is 214 g/mol. The van der Waals surface area contributed by atoms with E-state index in [9.17, 15) is 4.79 Å². The van der Waals surface area contributed by atoms with Gasteiger partial charge in [-0.2, -0.15) is 0 Å². The molecule has 0 rings (SSSR count). The van der Waals surface area contributed by atoms with Crippen LogP contribution in [0, 0.1) is 0 Å². The molecule has 0 aromatic carbocycles. The molecular formula is C12H22O3. The number of ether oxygens (including phenoxy) is 2. The van der Waals surface area contributed by atoms with Crippen molar-refractivity contribution in [2.24, 2.45) is 0 Å². The van der Waals surface area contributed by atoms with Gasteiger partial charge >= 0.3 is 5.97 Å². The molecule has 0 amide bonds. The Kier molecular flexibility index (Phi) is 5.58. The number of rotatable bonds is 6. The molecule has 0 spiro atoms. The molecule has 0 aromatic rings. The molecule has 0 heterocycles. The smallest absolute Gasteiger partial charge is 0.333 e. The summed E-state index contributed by atoms with van der Waals surface area (Å²) in [5.74, 6) is -0.343. The molecule has 3 heteroatoms. The molecule has 0 aliphatic carbocycles. The number of hydrogen-bond acceptors (Lipinski definition) is 3. The van der Waals surface area contributed by atoms with Crippen molar-refractivity contribution in [3.8, 4) is 0 Å². The maximum absolute atomic E-state index is 11.3. The Balaban J connectivity index is 3.96. The molecule has 0 unspecified atom stereocenters. The lowest BCUT2D eigenvalue weighted by molar-refractivity contribution is -0.153. The van der Waals surface area contributed by atoms with Crippen molar-refractivity contribution in [2.45, 2.75) is 52.7 Å². The molecule has 0 N–H and O–H groups in total. The standard InChI is InChI=1S/C12H22O3/c1-9(2)11(13)15-12(5,6)7-8-14-10(3)4/h10H,1,7-8H2,2-6H3. The van der Waals surface area contributed by atoms with Gasteiger partial charge in [-0.25, -0.2) is 4.79 Å². The van der Waals surface area contributed by atoms with Crippen molar-refractivity contribution in [1.29, 1.82) is 0 Å². The molecule has 0 atom stereocenters. The quantitative estimate of drug-likeness (QED) is 0.503. The van der Waals surface area contributed by atoms with Crippen LogP contribution in [0.3, 0.4) is 0 Å². The highest BCUT2D eigenvalue weighted by Crippen LogP contribution is 2.16. The van der Waals surface area contributed by atoms with Crippen LogP contribution in [0.15, 0.2) is 12.2 Å². The Morgan fingerprint density at radius 1 is 1.40 bits per heavy atom. The molecule has 0 aliphatic heterocycles. The number of hydrogen-bond donors (Lipinski definition) is 0. The van der Waals surface area contributed by atoms with Gasteiger partial charge in [-0.15, -0.1) is 0 Å². The minimum atomic E-state index is -0.495. The average Bonchev–Trinajstić information content (AvgIpc) is 2.01. The van der Waals surface area contributed by atoms with Gasteiger partial charge in [-0.3, -0.25) is 0 Å². The largest absolute Gasteiger partial charge is 0.456 e. The third kappa shape index (κ3) is 7.14. The van der Waals surface area contributed by atoms with Gasteiger partial charge in [0.25, 0.3) is 0 Å². The molecule has 0 bridgehead atoms. The van der Waals surface area contributed by atoms with E-state index in [1.54, 1.807) is 6.92 Å². The van der Waals surface area contributed by atoms with E-state index >= 15 is 0 Å². The zero-order valence-electron chi connectivity index (χ0n) is 10.4. The van der Waals surface area contributed by atoms with E-state index < -0.39 is 5.60 Å². The van der Waals surface area contributed by atoms with Crippen molar-refractivity contribution in [1.82, 2.24) is 0 Å². The first-order valence-corrected chi connectivity index (χ1v) is 5.25. The molecule has 88 valence electrons. The molecule has 0 saturated carbocycles. The number of carbonyl (C=O) groups excluding carboxylic acids is 1. The second-order valence-corrected chi connectivity index (χ2v) is 4.60. The Labute approximate surface area is 92.5 Å². The summed E-state index contributed by atoms with van der Waals surface area (Å²) in [4.78, 5) is 11.3. The highest BCUT2D eigenvalue weighted by Gasteiger charge is 2.22. The zero-order valence-corrected chi connectivity index (χ0v) is 10.4. The molecule has 15 heavy (non-hydrogen) atoms. The van der Waals surface area contributed by atoms with E-state index in [1.807, 2.05) is 27.7 Å². The first-order chi connectivity index (χ1) is 6.74. The van der Waals surface area contributed by atoms with Crippen molar-refractivity contribution in [3.63, 3.8) is 0 Å². The van der Waals surface area contributed by atoms with E-state index in [0.29, 0.717) is 18.6 Å². The minimum absolute atomic E-state index is 0.206. The molecule has 0 aromatic heterocycles. The van der Waals surface area contributed by atoms with E-state index in [-0.39, 0.29) is 12.1 Å². The fourth-order valence-electron chi connectivity index (χ4n) is 0.930. The first kappa shape index (κ1) is 14.2. The molecule has 0 fully saturated rings. The van der Waals surface area contributed by atoms with Gasteiger partial charge < -0.3 is 9.47 Å². The fourth-order valence-corrected chi connectivity index (χ4v) is 0.930. The third-order valence-corrected chi connectivity index (χ3v) is 1.87. The van der Waals surface area contributed by atoms with Crippen LogP contribution >= 0.6 is 0 Å². The van der Waals surface area contributed by atoms with Gasteiger partial charge in [-0.1, -0.05) is 6.58 Å². The van der Waals surface area contributed by atoms with Crippen LogP contribution in [-0.2, 0) is 14.3 Å². The van der Waals surface area contributed by atoms with Crippen molar-refractivity contribution in [3.05, 3.63) is 12.2 Å². The van der Waals surface area contributed by atoms with Gasteiger partial charge in [-0.05, 0) is 34.6 Å². The Morgan fingerprint density at radius 3 is 2.33 bits per heavy atom. The van der Waals surface area contributed by atoms with Crippen LogP contribution in [0.4, 0.5) is 0 Å². The van der Waals surface area contributed by atoms with Gasteiger partial charge in [0.1, 0.15) is 5.60 Å². The van der Waals surface area contributed by atoms with E-state index in [4.69, 9.17) is 9.47 Å². The third-order valence-electron chi connectivity index (χ3n) is 1.87. The SMILES string of the molecule is C=C(C)C(=O)OC(C)(C)CCOC(C)C. The molecule has 3 nitrogen and oxygen atoms in total. The second kappa shape index (κ2) is 5.91. The van der Waals surface area contributed by atoms with E-state index in [0.717, 1.165) is 0 Å². The van der Waals surface area contributed by atoms with Crippen LogP contribution in [0.5, 0.6) is 0 Å². The highest BCUT2D eigenvalue weighted by molar-refractivity contribution is 5.87. The summed E-state index contributed by atoms with van der Waals surface area (Å²) in [6.45, 7) is 13.5. The monoisotopic (exact) mass is 214 g/mol. The summed E-state index contributed by atoms with van der Waals surface area (Å²) in [5.41, 5.74) is -0.0712. The van der Waals surface area contributed by atoms with Gasteiger partial charge in [0.15, 0.2) is 0 Å². The summed E-state index contributed by atoms with van der Waals surface area (Å²) in [5, 5.41) is 0. The van der Waals surface area contributed by atoms with Gasteiger partial charge in [0, 0.05) is 12.0 Å². The molecular weight excluding hydrogens is 192 g/mol. The normalized spacial score (nSPS) is 11.6. The topological polar surface area (TPSA) is 35.5 Å². The fraction of sp³-hybridized carbons (Fsp3) is 0.750. The molecule has 0 radical (unpaired) electrons. The van der Waals surface area contributed by atoms with Crippen molar-refractivity contribution < 1.29 is 14.3 Å². The van der Waals surface area contributed by atoms with Crippen LogP contribution in [0.25, 0.3) is 0 Å². The Hall–Kier alpha value is -0.830. The van der Waals surface area contributed by atoms with Crippen LogP contribution in [-0.4, -0.2) is 24.3 Å². The van der Waals surface area contributed by atoms with Gasteiger partial charge in [0.2, 0.25) is 0 Å². The lowest BCUT2D eigenvalue weighted by Gasteiger charge is -2.25. The molecule has 0 aliphatic rings. The maximum Gasteiger partial charge on any atom is 0.333 e. The van der Waals surface area contributed by atoms with E-state index in [2.05, 4.69) is 6.58 Å². The summed E-state index contributed by atoms with van der Waals surface area (Å²) >= 11 is 0. The maximum atomic E-state index is 11.3. The molecule has 0 saturated heterocycles. The minimum Gasteiger partial charge on any atom is -0.456 e. The summed E-state index contributed by atoms with van der Waals surface area (Å²) in [6, 6.07) is 0. The lowest BCUT2D eigenvalue weighted by Crippen LogP contribution is -2.30.